The molecule has 1 aromatic carbocycles. The Labute approximate surface area is 105 Å². The molecule has 1 aliphatic rings. The molecule has 0 aromatic heterocycles. The zero-order valence-electron chi connectivity index (χ0n) is 11.4. The maximum absolute atomic E-state index is 6.64. The lowest BCUT2D eigenvalue weighted by atomic mass is 9.81. The molecule has 0 saturated heterocycles. The van der Waals surface area contributed by atoms with E-state index in [1.165, 1.54) is 29.5 Å². The topological polar surface area (TPSA) is 26.0 Å². The maximum atomic E-state index is 6.64. The number of hydrogen-bond donors (Lipinski definition) is 1. The molecular weight excluding hydrogens is 206 g/mol. The van der Waals surface area contributed by atoms with Crippen molar-refractivity contribution < 1.29 is 0 Å². The Morgan fingerprint density at radius 3 is 2.41 bits per heavy atom. The normalized spacial score (nSPS) is 18.9. The van der Waals surface area contributed by atoms with Crippen molar-refractivity contribution in [2.45, 2.75) is 64.3 Å². The molecule has 2 N–H and O–H groups in total. The molecule has 0 spiro atoms. The van der Waals surface area contributed by atoms with Crippen LogP contribution in [0.5, 0.6) is 0 Å². The third kappa shape index (κ3) is 2.40. The molecule has 17 heavy (non-hydrogen) atoms. The number of nitrogens with two attached hydrogens (primary N) is 1. The highest BCUT2D eigenvalue weighted by Crippen LogP contribution is 2.40. The summed E-state index contributed by atoms with van der Waals surface area (Å²) in [7, 11) is 0. The summed E-state index contributed by atoms with van der Waals surface area (Å²) in [5.74, 6) is 0.567. The van der Waals surface area contributed by atoms with Crippen LogP contribution in [0.1, 0.15) is 69.1 Å². The third-order valence-corrected chi connectivity index (χ3v) is 4.18. The van der Waals surface area contributed by atoms with E-state index in [0.29, 0.717) is 5.92 Å². The van der Waals surface area contributed by atoms with E-state index in [-0.39, 0.29) is 5.54 Å². The van der Waals surface area contributed by atoms with E-state index in [2.05, 4.69) is 39.0 Å². The van der Waals surface area contributed by atoms with Gasteiger partial charge in [-0.15, -0.1) is 0 Å². The molecule has 2 rings (SSSR count). The Morgan fingerprint density at radius 2 is 1.88 bits per heavy atom. The molecule has 1 heteroatoms. The van der Waals surface area contributed by atoms with Gasteiger partial charge < -0.3 is 5.73 Å². The second-order valence-corrected chi connectivity index (χ2v) is 5.79. The fourth-order valence-corrected chi connectivity index (χ4v) is 3.03. The smallest absolute Gasteiger partial charge is 0.0412 e. The van der Waals surface area contributed by atoms with Crippen LogP contribution in [0, 0.1) is 0 Å². The van der Waals surface area contributed by atoms with Gasteiger partial charge >= 0.3 is 0 Å². The summed E-state index contributed by atoms with van der Waals surface area (Å²) in [5.41, 5.74) is 10.9. The first kappa shape index (κ1) is 12.6. The van der Waals surface area contributed by atoms with E-state index in [1.54, 1.807) is 0 Å². The van der Waals surface area contributed by atoms with Crippen molar-refractivity contribution in [2.24, 2.45) is 5.73 Å². The van der Waals surface area contributed by atoms with Crippen LogP contribution in [0.4, 0.5) is 0 Å². The van der Waals surface area contributed by atoms with E-state index in [0.717, 1.165) is 19.3 Å². The molecule has 1 aromatic rings. The Hall–Kier alpha value is -0.820. The van der Waals surface area contributed by atoms with Crippen molar-refractivity contribution in [3.05, 3.63) is 34.9 Å². The molecule has 0 heterocycles. The first-order chi connectivity index (χ1) is 8.07. The average Bonchev–Trinajstić information content (AvgIpc) is 2.76. The monoisotopic (exact) mass is 231 g/mol. The summed E-state index contributed by atoms with van der Waals surface area (Å²) in [6.07, 6.45) is 5.97. The van der Waals surface area contributed by atoms with Gasteiger partial charge in [-0.3, -0.25) is 0 Å². The summed E-state index contributed by atoms with van der Waals surface area (Å²) in [6.45, 7) is 6.75. The Morgan fingerprint density at radius 1 is 1.24 bits per heavy atom. The predicted molar refractivity (Wildman–Crippen MR) is 74.2 cm³/mol. The summed E-state index contributed by atoms with van der Waals surface area (Å²) in [5, 5.41) is 0. The highest BCUT2D eigenvalue weighted by Gasteiger charge is 2.33. The van der Waals surface area contributed by atoms with E-state index < -0.39 is 0 Å². The number of rotatable bonds is 3. The minimum atomic E-state index is -0.0508. The van der Waals surface area contributed by atoms with Gasteiger partial charge in [-0.05, 0) is 41.9 Å². The highest BCUT2D eigenvalue weighted by atomic mass is 14.8. The van der Waals surface area contributed by atoms with Gasteiger partial charge in [0, 0.05) is 5.54 Å². The molecule has 0 amide bonds. The molecule has 1 saturated carbocycles. The van der Waals surface area contributed by atoms with Crippen molar-refractivity contribution in [1.82, 2.24) is 0 Å². The van der Waals surface area contributed by atoms with Gasteiger partial charge in [0.1, 0.15) is 0 Å². The molecule has 1 nitrogen and oxygen atoms in total. The van der Waals surface area contributed by atoms with Crippen molar-refractivity contribution >= 4 is 0 Å². The largest absolute Gasteiger partial charge is 0.321 e. The molecule has 0 bridgehead atoms. The van der Waals surface area contributed by atoms with Crippen molar-refractivity contribution in [3.63, 3.8) is 0 Å². The molecular formula is C16H25N. The second-order valence-electron chi connectivity index (χ2n) is 5.79. The van der Waals surface area contributed by atoms with Gasteiger partial charge in [0.25, 0.3) is 0 Å². The van der Waals surface area contributed by atoms with Crippen LogP contribution in [-0.2, 0) is 12.0 Å². The lowest BCUT2D eigenvalue weighted by Crippen LogP contribution is -2.34. The molecule has 0 aliphatic heterocycles. The molecule has 0 unspecified atom stereocenters. The zero-order valence-corrected chi connectivity index (χ0v) is 11.4. The van der Waals surface area contributed by atoms with Crippen LogP contribution < -0.4 is 5.73 Å². The third-order valence-electron chi connectivity index (χ3n) is 4.18. The van der Waals surface area contributed by atoms with Crippen LogP contribution in [-0.4, -0.2) is 0 Å². The van der Waals surface area contributed by atoms with Gasteiger partial charge in [0.15, 0.2) is 0 Å². The SMILES string of the molecule is CCc1ccc(C(C)C)c(C2(N)CCCC2)c1. The van der Waals surface area contributed by atoms with Crippen molar-refractivity contribution in [1.29, 1.82) is 0 Å². The predicted octanol–water partition coefficient (Wildman–Crippen LogP) is 4.10. The zero-order chi connectivity index (χ0) is 12.5. The maximum Gasteiger partial charge on any atom is 0.0412 e. The molecule has 1 fully saturated rings. The summed E-state index contributed by atoms with van der Waals surface area (Å²) in [4.78, 5) is 0. The first-order valence-electron chi connectivity index (χ1n) is 6.99. The quantitative estimate of drug-likeness (QED) is 0.832. The fourth-order valence-electron chi connectivity index (χ4n) is 3.03. The van der Waals surface area contributed by atoms with Gasteiger partial charge in [-0.2, -0.15) is 0 Å². The Bertz CT molecular complexity index is 387. The minimum absolute atomic E-state index is 0.0508. The number of benzene rings is 1. The lowest BCUT2D eigenvalue weighted by molar-refractivity contribution is 0.454. The summed E-state index contributed by atoms with van der Waals surface area (Å²) >= 11 is 0. The van der Waals surface area contributed by atoms with Crippen LogP contribution in [0.3, 0.4) is 0 Å². The first-order valence-corrected chi connectivity index (χ1v) is 6.99. The van der Waals surface area contributed by atoms with Gasteiger partial charge in [-0.1, -0.05) is 51.8 Å². The molecule has 94 valence electrons. The lowest BCUT2D eigenvalue weighted by Gasteiger charge is -2.29. The van der Waals surface area contributed by atoms with E-state index in [9.17, 15) is 0 Å². The standard InChI is InChI=1S/C16H25N/c1-4-13-7-8-14(12(2)3)15(11-13)16(17)9-5-6-10-16/h7-8,11-12H,4-6,9-10,17H2,1-3H3. The van der Waals surface area contributed by atoms with E-state index in [4.69, 9.17) is 5.73 Å². The number of aryl methyl sites for hydroxylation is 1. The summed E-state index contributed by atoms with van der Waals surface area (Å²) < 4.78 is 0. The van der Waals surface area contributed by atoms with Crippen molar-refractivity contribution in [3.8, 4) is 0 Å². The van der Waals surface area contributed by atoms with Crippen molar-refractivity contribution in [2.75, 3.05) is 0 Å². The van der Waals surface area contributed by atoms with E-state index >= 15 is 0 Å². The van der Waals surface area contributed by atoms with Crippen LogP contribution >= 0.6 is 0 Å². The average molecular weight is 231 g/mol. The highest BCUT2D eigenvalue weighted by molar-refractivity contribution is 5.39. The van der Waals surface area contributed by atoms with Crippen LogP contribution in [0.2, 0.25) is 0 Å². The van der Waals surface area contributed by atoms with Gasteiger partial charge in [0.2, 0.25) is 0 Å². The summed E-state index contributed by atoms with van der Waals surface area (Å²) in [6, 6.07) is 6.92. The minimum Gasteiger partial charge on any atom is -0.321 e. The Balaban J connectivity index is 2.48. The second kappa shape index (κ2) is 4.81. The van der Waals surface area contributed by atoms with Gasteiger partial charge in [0.05, 0.1) is 0 Å². The van der Waals surface area contributed by atoms with Gasteiger partial charge in [-0.25, -0.2) is 0 Å². The number of hydrogen-bond acceptors (Lipinski definition) is 1. The molecule has 1 aliphatic carbocycles. The molecule has 0 radical (unpaired) electrons. The van der Waals surface area contributed by atoms with E-state index in [1.807, 2.05) is 0 Å². The fraction of sp³-hybridized carbons (Fsp3) is 0.625. The Kier molecular flexibility index (Phi) is 3.58. The van der Waals surface area contributed by atoms with Crippen LogP contribution in [0.15, 0.2) is 18.2 Å². The molecule has 0 atom stereocenters. The van der Waals surface area contributed by atoms with Crippen LogP contribution in [0.25, 0.3) is 0 Å².